The van der Waals surface area contributed by atoms with Crippen LogP contribution in [-0.4, -0.2) is 40.1 Å². The van der Waals surface area contributed by atoms with Gasteiger partial charge in [0.15, 0.2) is 5.69 Å². The number of carboxylic acids is 1. The van der Waals surface area contributed by atoms with Crippen molar-refractivity contribution in [3.8, 4) is 0 Å². The molecule has 1 aromatic heterocycles. The van der Waals surface area contributed by atoms with Crippen LogP contribution in [0.15, 0.2) is 29.2 Å². The van der Waals surface area contributed by atoms with E-state index in [0.29, 0.717) is 24.2 Å². The lowest BCUT2D eigenvalue weighted by atomic mass is 10.1. The number of sulfonamides is 1. The number of carboxylic acid groups (broad SMARTS) is 1. The Morgan fingerprint density at radius 2 is 1.92 bits per heavy atom. The first kappa shape index (κ1) is 16.7. The summed E-state index contributed by atoms with van der Waals surface area (Å²) in [4.78, 5) is 11.6. The third-order valence-corrected chi connectivity index (χ3v) is 6.13. The van der Waals surface area contributed by atoms with Crippen LogP contribution in [0.2, 0.25) is 0 Å². The molecule has 8 heteroatoms. The molecule has 0 saturated carbocycles. The lowest BCUT2D eigenvalue weighted by Gasteiger charge is -2.27. The Hall–Kier alpha value is -2.19. The first-order valence-electron chi connectivity index (χ1n) is 7.73. The fourth-order valence-corrected chi connectivity index (χ4v) is 4.35. The zero-order chi connectivity index (χ0) is 17.5. The predicted molar refractivity (Wildman–Crippen MR) is 87.3 cm³/mol. The van der Waals surface area contributed by atoms with E-state index >= 15 is 0 Å². The molecule has 0 bridgehead atoms. The summed E-state index contributed by atoms with van der Waals surface area (Å²) in [5, 5.41) is 13.4. The average molecular weight is 349 g/mol. The van der Waals surface area contributed by atoms with Crippen LogP contribution in [0, 0.1) is 6.92 Å². The Morgan fingerprint density at radius 3 is 2.50 bits per heavy atom. The Bertz CT molecular complexity index is 885. The second-order valence-corrected chi connectivity index (χ2v) is 7.75. The number of hydrogen-bond donors (Lipinski definition) is 1. The molecule has 1 aromatic carbocycles. The van der Waals surface area contributed by atoms with Crippen molar-refractivity contribution in [2.45, 2.75) is 38.3 Å². The lowest BCUT2D eigenvalue weighted by Crippen LogP contribution is -2.38. The van der Waals surface area contributed by atoms with E-state index in [0.717, 1.165) is 5.56 Å². The van der Waals surface area contributed by atoms with E-state index in [9.17, 15) is 18.3 Å². The van der Waals surface area contributed by atoms with Crippen molar-refractivity contribution in [1.82, 2.24) is 14.1 Å². The minimum atomic E-state index is -3.61. The molecule has 2 aromatic rings. The van der Waals surface area contributed by atoms with Gasteiger partial charge in [-0.05, 0) is 25.5 Å². The lowest BCUT2D eigenvalue weighted by molar-refractivity contribution is 0.0688. The zero-order valence-corrected chi connectivity index (χ0v) is 14.4. The molecule has 1 aliphatic heterocycles. The molecule has 0 radical (unpaired) electrons. The molecule has 1 N–H and O–H groups in total. The second-order valence-electron chi connectivity index (χ2n) is 5.81. The van der Waals surface area contributed by atoms with Gasteiger partial charge in [-0.1, -0.05) is 24.6 Å². The third-order valence-electron chi connectivity index (χ3n) is 4.27. The summed E-state index contributed by atoms with van der Waals surface area (Å²) < 4.78 is 28.7. The molecular formula is C16H19N3O4S. The fraction of sp³-hybridized carbons (Fsp3) is 0.375. The maximum Gasteiger partial charge on any atom is 0.356 e. The van der Waals surface area contributed by atoms with Crippen LogP contribution in [0.4, 0.5) is 0 Å². The molecule has 0 saturated heterocycles. The van der Waals surface area contributed by atoms with E-state index < -0.39 is 16.0 Å². The molecular weight excluding hydrogens is 330 g/mol. The average Bonchev–Trinajstić information content (AvgIpc) is 2.93. The van der Waals surface area contributed by atoms with E-state index in [1.165, 1.54) is 4.31 Å². The van der Waals surface area contributed by atoms with Crippen molar-refractivity contribution >= 4 is 16.0 Å². The molecule has 7 nitrogen and oxygen atoms in total. The van der Waals surface area contributed by atoms with E-state index in [-0.39, 0.29) is 23.7 Å². The molecule has 0 fully saturated rings. The van der Waals surface area contributed by atoms with Gasteiger partial charge in [-0.2, -0.15) is 9.40 Å². The molecule has 24 heavy (non-hydrogen) atoms. The largest absolute Gasteiger partial charge is 0.476 e. The SMILES string of the molecule is CCc1c(C(=O)O)nn2c1CN(S(=O)(=O)c1ccc(C)cc1)CC2. The number of rotatable bonds is 4. The number of aromatic nitrogens is 2. The van der Waals surface area contributed by atoms with Crippen LogP contribution >= 0.6 is 0 Å². The monoisotopic (exact) mass is 349 g/mol. The highest BCUT2D eigenvalue weighted by molar-refractivity contribution is 7.89. The van der Waals surface area contributed by atoms with Crippen molar-refractivity contribution in [2.24, 2.45) is 0 Å². The topological polar surface area (TPSA) is 92.5 Å². The summed E-state index contributed by atoms with van der Waals surface area (Å²) in [5.74, 6) is -1.08. The molecule has 0 aliphatic carbocycles. The maximum atomic E-state index is 12.8. The van der Waals surface area contributed by atoms with Gasteiger partial charge in [0.2, 0.25) is 10.0 Å². The van der Waals surface area contributed by atoms with Gasteiger partial charge in [0, 0.05) is 12.1 Å². The first-order chi connectivity index (χ1) is 11.3. The number of fused-ring (bicyclic) bond motifs is 1. The van der Waals surface area contributed by atoms with Crippen LogP contribution in [-0.2, 0) is 29.5 Å². The highest BCUT2D eigenvalue weighted by atomic mass is 32.2. The number of aryl methyl sites for hydroxylation is 1. The summed E-state index contributed by atoms with van der Waals surface area (Å²) in [5.41, 5.74) is 2.27. The van der Waals surface area contributed by atoms with Crippen molar-refractivity contribution in [1.29, 1.82) is 0 Å². The normalized spacial score (nSPS) is 15.2. The number of hydrogen-bond acceptors (Lipinski definition) is 4. The Morgan fingerprint density at radius 1 is 1.25 bits per heavy atom. The Balaban J connectivity index is 1.97. The fourth-order valence-electron chi connectivity index (χ4n) is 2.96. The van der Waals surface area contributed by atoms with E-state index in [1.807, 2.05) is 13.8 Å². The van der Waals surface area contributed by atoms with Crippen LogP contribution < -0.4 is 0 Å². The van der Waals surface area contributed by atoms with Crippen molar-refractivity contribution in [3.63, 3.8) is 0 Å². The smallest absolute Gasteiger partial charge is 0.356 e. The van der Waals surface area contributed by atoms with E-state index in [2.05, 4.69) is 5.10 Å². The Kier molecular flexibility index (Phi) is 4.18. The molecule has 2 heterocycles. The van der Waals surface area contributed by atoms with Crippen molar-refractivity contribution in [3.05, 3.63) is 46.8 Å². The summed E-state index contributed by atoms with van der Waals surface area (Å²) in [7, 11) is -3.61. The number of nitrogens with zero attached hydrogens (tertiary/aromatic N) is 3. The standard InChI is InChI=1S/C16H19N3O4S/c1-3-13-14-10-18(8-9-19(14)17-15(13)16(20)21)24(22,23)12-6-4-11(2)5-7-12/h4-7H,3,8-10H2,1-2H3,(H,20,21). The second kappa shape index (κ2) is 6.03. The van der Waals surface area contributed by atoms with Gasteiger partial charge in [0.05, 0.1) is 23.7 Å². The molecule has 0 unspecified atom stereocenters. The molecule has 0 spiro atoms. The highest BCUT2D eigenvalue weighted by Gasteiger charge is 2.32. The van der Waals surface area contributed by atoms with Crippen LogP contribution in [0.3, 0.4) is 0 Å². The zero-order valence-electron chi connectivity index (χ0n) is 13.6. The minimum Gasteiger partial charge on any atom is -0.476 e. The molecule has 0 amide bonds. The predicted octanol–water partition coefficient (Wildman–Crippen LogP) is 1.66. The third kappa shape index (κ3) is 2.71. The van der Waals surface area contributed by atoms with Crippen molar-refractivity contribution in [2.75, 3.05) is 6.54 Å². The van der Waals surface area contributed by atoms with Crippen LogP contribution in [0.5, 0.6) is 0 Å². The van der Waals surface area contributed by atoms with Crippen molar-refractivity contribution < 1.29 is 18.3 Å². The van der Waals surface area contributed by atoms with E-state index in [1.54, 1.807) is 28.9 Å². The summed E-state index contributed by atoms with van der Waals surface area (Å²) in [6.07, 6.45) is 0.495. The van der Waals surface area contributed by atoms with Gasteiger partial charge in [0.25, 0.3) is 0 Å². The summed E-state index contributed by atoms with van der Waals surface area (Å²) in [6.45, 7) is 4.50. The van der Waals surface area contributed by atoms with Gasteiger partial charge >= 0.3 is 5.97 Å². The highest BCUT2D eigenvalue weighted by Crippen LogP contribution is 2.25. The van der Waals surface area contributed by atoms with Gasteiger partial charge in [-0.3, -0.25) is 4.68 Å². The van der Waals surface area contributed by atoms with Crippen LogP contribution in [0.1, 0.15) is 34.2 Å². The maximum absolute atomic E-state index is 12.8. The van der Waals surface area contributed by atoms with E-state index in [4.69, 9.17) is 0 Å². The first-order valence-corrected chi connectivity index (χ1v) is 9.17. The van der Waals surface area contributed by atoms with Gasteiger partial charge in [0.1, 0.15) is 0 Å². The molecule has 3 rings (SSSR count). The van der Waals surface area contributed by atoms with Crippen LogP contribution in [0.25, 0.3) is 0 Å². The van der Waals surface area contributed by atoms with Gasteiger partial charge in [-0.15, -0.1) is 0 Å². The minimum absolute atomic E-state index is 0.0158. The summed E-state index contributed by atoms with van der Waals surface area (Å²) >= 11 is 0. The number of carbonyl (C=O) groups is 1. The molecule has 1 aliphatic rings. The Labute approximate surface area is 140 Å². The molecule has 128 valence electrons. The number of benzene rings is 1. The quantitative estimate of drug-likeness (QED) is 0.906. The van der Waals surface area contributed by atoms with Gasteiger partial charge < -0.3 is 5.11 Å². The molecule has 0 atom stereocenters. The van der Waals surface area contributed by atoms with Gasteiger partial charge in [-0.25, -0.2) is 13.2 Å². The summed E-state index contributed by atoms with van der Waals surface area (Å²) in [6, 6.07) is 6.72. The number of aromatic carboxylic acids is 1.